The van der Waals surface area contributed by atoms with E-state index in [1.54, 1.807) is 18.2 Å². The van der Waals surface area contributed by atoms with Crippen LogP contribution in [0.1, 0.15) is 21.5 Å². The van der Waals surface area contributed by atoms with Gasteiger partial charge in [0.15, 0.2) is 0 Å². The summed E-state index contributed by atoms with van der Waals surface area (Å²) in [6, 6.07) is 9.27. The maximum absolute atomic E-state index is 13.0. The van der Waals surface area contributed by atoms with E-state index in [0.717, 1.165) is 12.1 Å². The fraction of sp³-hybridized carbons (Fsp3) is 0.211. The molecule has 0 aliphatic carbocycles. The number of methoxy groups -OCH3 is 2. The van der Waals surface area contributed by atoms with E-state index in [0.29, 0.717) is 17.1 Å². The monoisotopic (exact) mass is 409 g/mol. The Morgan fingerprint density at radius 2 is 1.83 bits per heavy atom. The molecule has 0 bridgehead atoms. The first-order chi connectivity index (χ1) is 13.8. The fourth-order valence-electron chi connectivity index (χ4n) is 2.34. The first-order valence-corrected chi connectivity index (χ1v) is 8.24. The summed E-state index contributed by atoms with van der Waals surface area (Å²) < 4.78 is 49.1. The van der Waals surface area contributed by atoms with E-state index in [1.165, 1.54) is 32.6 Å². The molecule has 0 aliphatic heterocycles. The van der Waals surface area contributed by atoms with Gasteiger partial charge < -0.3 is 14.8 Å². The number of rotatable bonds is 7. The number of nitrogens with one attached hydrogen (secondary N) is 2. The van der Waals surface area contributed by atoms with Crippen LogP contribution in [0, 0.1) is 0 Å². The van der Waals surface area contributed by atoms with Crippen LogP contribution in [0.25, 0.3) is 0 Å². The van der Waals surface area contributed by atoms with Gasteiger partial charge in [-0.15, -0.1) is 0 Å². The first kappa shape index (κ1) is 21.7. The van der Waals surface area contributed by atoms with Crippen molar-refractivity contribution in [2.75, 3.05) is 20.8 Å². The zero-order chi connectivity index (χ0) is 21.4. The van der Waals surface area contributed by atoms with Gasteiger partial charge in [0.1, 0.15) is 11.5 Å². The van der Waals surface area contributed by atoms with Crippen LogP contribution in [0.4, 0.5) is 13.2 Å². The Bertz CT molecular complexity index is 914. The average Bonchev–Trinajstić information content (AvgIpc) is 2.71. The van der Waals surface area contributed by atoms with Crippen molar-refractivity contribution in [2.24, 2.45) is 5.10 Å². The Labute approximate surface area is 164 Å². The number of carbonyl (C=O) groups is 2. The summed E-state index contributed by atoms with van der Waals surface area (Å²) in [7, 11) is 2.95. The lowest BCUT2D eigenvalue weighted by atomic mass is 10.1. The second-order valence-electron chi connectivity index (χ2n) is 5.63. The van der Waals surface area contributed by atoms with E-state index in [1.807, 2.05) is 0 Å². The SMILES string of the molecule is COc1ccc(OC)c(/C=N/NC(=O)CNC(=O)c2ccccc2C(F)(F)F)c1. The predicted octanol–water partition coefficient (Wildman–Crippen LogP) is 2.60. The molecular formula is C19H18F3N3O4. The lowest BCUT2D eigenvalue weighted by molar-refractivity contribution is -0.137. The molecule has 0 atom stereocenters. The molecular weight excluding hydrogens is 391 g/mol. The normalized spacial score (nSPS) is 11.2. The van der Waals surface area contributed by atoms with E-state index >= 15 is 0 Å². The quantitative estimate of drug-likeness (QED) is 0.544. The Balaban J connectivity index is 1.96. The number of nitrogens with zero attached hydrogens (tertiary/aromatic N) is 1. The lowest BCUT2D eigenvalue weighted by Gasteiger charge is -2.12. The summed E-state index contributed by atoms with van der Waals surface area (Å²) in [6.07, 6.45) is -3.38. The molecule has 0 fully saturated rings. The molecule has 0 saturated heterocycles. The number of ether oxygens (including phenoxy) is 2. The van der Waals surface area contributed by atoms with E-state index in [9.17, 15) is 22.8 Å². The molecule has 2 rings (SSSR count). The first-order valence-electron chi connectivity index (χ1n) is 8.24. The van der Waals surface area contributed by atoms with Crippen LogP contribution in [0.2, 0.25) is 0 Å². The molecule has 2 aromatic carbocycles. The number of halogens is 3. The Hall–Kier alpha value is -3.56. The highest BCUT2D eigenvalue weighted by molar-refractivity contribution is 5.98. The molecule has 7 nitrogen and oxygen atoms in total. The topological polar surface area (TPSA) is 89.0 Å². The zero-order valence-corrected chi connectivity index (χ0v) is 15.5. The van der Waals surface area contributed by atoms with Crippen molar-refractivity contribution < 1.29 is 32.2 Å². The van der Waals surface area contributed by atoms with Gasteiger partial charge in [-0.25, -0.2) is 5.43 Å². The fourth-order valence-corrected chi connectivity index (χ4v) is 2.34. The molecule has 0 aromatic heterocycles. The maximum Gasteiger partial charge on any atom is 0.417 e. The zero-order valence-electron chi connectivity index (χ0n) is 15.5. The maximum atomic E-state index is 13.0. The van der Waals surface area contributed by atoms with Crippen molar-refractivity contribution in [3.05, 3.63) is 59.2 Å². The second-order valence-corrected chi connectivity index (χ2v) is 5.63. The highest BCUT2D eigenvalue weighted by Crippen LogP contribution is 2.31. The largest absolute Gasteiger partial charge is 0.497 e. The van der Waals surface area contributed by atoms with E-state index in [4.69, 9.17) is 9.47 Å². The molecule has 0 spiro atoms. The summed E-state index contributed by atoms with van der Waals surface area (Å²) in [5, 5.41) is 5.87. The van der Waals surface area contributed by atoms with Crippen molar-refractivity contribution in [1.29, 1.82) is 0 Å². The summed E-state index contributed by atoms with van der Waals surface area (Å²) in [6.45, 7) is -0.558. The predicted molar refractivity (Wildman–Crippen MR) is 99.1 cm³/mol. The van der Waals surface area contributed by atoms with Gasteiger partial charge in [0.25, 0.3) is 11.8 Å². The molecule has 2 N–H and O–H groups in total. The highest BCUT2D eigenvalue weighted by Gasteiger charge is 2.34. The molecule has 0 saturated carbocycles. The molecule has 0 radical (unpaired) electrons. The van der Waals surface area contributed by atoms with Gasteiger partial charge in [-0.05, 0) is 30.3 Å². The third kappa shape index (κ3) is 5.96. The number of alkyl halides is 3. The Kier molecular flexibility index (Phi) is 7.18. The number of amides is 2. The number of hydrogen-bond acceptors (Lipinski definition) is 5. The van der Waals surface area contributed by atoms with Gasteiger partial charge in [0.2, 0.25) is 0 Å². The standard InChI is InChI=1S/C19H18F3N3O4/c1-28-13-7-8-16(29-2)12(9-13)10-24-25-17(26)11-23-18(27)14-5-3-4-6-15(14)19(20,21)22/h3-10H,11H2,1-2H3,(H,23,27)(H,25,26)/b24-10+. The van der Waals surface area contributed by atoms with E-state index in [2.05, 4.69) is 15.8 Å². The van der Waals surface area contributed by atoms with Gasteiger partial charge in [-0.1, -0.05) is 12.1 Å². The van der Waals surface area contributed by atoms with Crippen molar-refractivity contribution in [2.45, 2.75) is 6.18 Å². The molecule has 0 aliphatic rings. The average molecular weight is 409 g/mol. The van der Waals surface area contributed by atoms with E-state index < -0.39 is 35.7 Å². The van der Waals surface area contributed by atoms with Gasteiger partial charge in [0, 0.05) is 5.56 Å². The van der Waals surface area contributed by atoms with Crippen molar-refractivity contribution in [3.63, 3.8) is 0 Å². The minimum Gasteiger partial charge on any atom is -0.497 e. The summed E-state index contributed by atoms with van der Waals surface area (Å²) >= 11 is 0. The molecule has 29 heavy (non-hydrogen) atoms. The molecule has 154 valence electrons. The third-order valence-corrected chi connectivity index (χ3v) is 3.72. The van der Waals surface area contributed by atoms with Crippen molar-refractivity contribution >= 4 is 18.0 Å². The number of hydrazone groups is 1. The highest BCUT2D eigenvalue weighted by atomic mass is 19.4. The Morgan fingerprint density at radius 3 is 2.48 bits per heavy atom. The van der Waals surface area contributed by atoms with Crippen LogP contribution in [0.5, 0.6) is 11.5 Å². The number of hydrogen-bond donors (Lipinski definition) is 2. The summed E-state index contributed by atoms with van der Waals surface area (Å²) in [5.41, 5.74) is 1.04. The van der Waals surface area contributed by atoms with Gasteiger partial charge in [0.05, 0.1) is 38.1 Å². The third-order valence-electron chi connectivity index (χ3n) is 3.72. The Morgan fingerprint density at radius 1 is 1.10 bits per heavy atom. The number of benzene rings is 2. The van der Waals surface area contributed by atoms with Crippen LogP contribution in [0.15, 0.2) is 47.6 Å². The van der Waals surface area contributed by atoms with Crippen LogP contribution in [0.3, 0.4) is 0 Å². The van der Waals surface area contributed by atoms with Crippen molar-refractivity contribution in [1.82, 2.24) is 10.7 Å². The van der Waals surface area contributed by atoms with Crippen LogP contribution in [-0.4, -0.2) is 38.8 Å². The number of carbonyl (C=O) groups excluding carboxylic acids is 2. The summed E-state index contributed by atoms with van der Waals surface area (Å²) in [4.78, 5) is 23.8. The van der Waals surface area contributed by atoms with Gasteiger partial charge in [-0.2, -0.15) is 18.3 Å². The lowest BCUT2D eigenvalue weighted by Crippen LogP contribution is -2.35. The van der Waals surface area contributed by atoms with Crippen LogP contribution < -0.4 is 20.2 Å². The molecule has 0 unspecified atom stereocenters. The molecule has 0 heterocycles. The molecule has 2 aromatic rings. The molecule has 10 heteroatoms. The summed E-state index contributed by atoms with van der Waals surface area (Å²) in [5.74, 6) is -0.706. The van der Waals surface area contributed by atoms with Gasteiger partial charge in [-0.3, -0.25) is 9.59 Å². The smallest absolute Gasteiger partial charge is 0.417 e. The van der Waals surface area contributed by atoms with Crippen LogP contribution >= 0.6 is 0 Å². The van der Waals surface area contributed by atoms with Crippen LogP contribution in [-0.2, 0) is 11.0 Å². The van der Waals surface area contributed by atoms with Gasteiger partial charge >= 0.3 is 6.18 Å². The minimum atomic E-state index is -4.68. The minimum absolute atomic E-state index is 0.487. The van der Waals surface area contributed by atoms with Crippen molar-refractivity contribution in [3.8, 4) is 11.5 Å². The molecule has 2 amide bonds. The second kappa shape index (κ2) is 9.58. The van der Waals surface area contributed by atoms with E-state index in [-0.39, 0.29) is 0 Å².